The monoisotopic (exact) mass is 424 g/mol. The second-order valence-electron chi connectivity index (χ2n) is 6.50. The van der Waals surface area contributed by atoms with E-state index in [1.807, 2.05) is 24.3 Å². The number of carbonyl (C=O) groups excluding carboxylic acids is 1. The van der Waals surface area contributed by atoms with Crippen LogP contribution >= 0.6 is 22.9 Å². The van der Waals surface area contributed by atoms with Gasteiger partial charge in [0.15, 0.2) is 0 Å². The van der Waals surface area contributed by atoms with Crippen molar-refractivity contribution in [3.05, 3.63) is 80.2 Å². The summed E-state index contributed by atoms with van der Waals surface area (Å²) in [4.78, 5) is 33.2. The molecule has 2 aromatic heterocycles. The minimum atomic E-state index is -0.476. The Morgan fingerprint density at radius 2 is 2.10 bits per heavy atom. The fourth-order valence-electron chi connectivity index (χ4n) is 3.23. The number of hydrogen-bond acceptors (Lipinski definition) is 6. The average Bonchev–Trinajstić information content (AvgIpc) is 3.17. The maximum Gasteiger partial charge on any atom is 0.348 e. The lowest BCUT2D eigenvalue weighted by molar-refractivity contribution is 0.0468. The summed E-state index contributed by atoms with van der Waals surface area (Å²) < 4.78 is 11.1. The molecule has 0 fully saturated rings. The molecule has 0 radical (unpaired) electrons. The fraction of sp³-hybridized carbons (Fsp3) is 0.0952. The number of rotatable bonds is 3. The van der Waals surface area contributed by atoms with Crippen LogP contribution < -0.4 is 10.3 Å². The number of nitrogens with one attached hydrogen (secondary N) is 1. The van der Waals surface area contributed by atoms with E-state index in [-0.39, 0.29) is 18.0 Å². The SMILES string of the molecule is O=C(OCc1nc2cc(Cl)ccc2c(=O)[nH]1)c1cc2c(s1)-c1ccccc1OC2. The van der Waals surface area contributed by atoms with E-state index < -0.39 is 5.97 Å². The van der Waals surface area contributed by atoms with Crippen molar-refractivity contribution < 1.29 is 14.3 Å². The van der Waals surface area contributed by atoms with E-state index in [0.717, 1.165) is 21.8 Å². The first-order chi connectivity index (χ1) is 14.1. The highest BCUT2D eigenvalue weighted by Crippen LogP contribution is 2.42. The average molecular weight is 425 g/mol. The molecule has 5 rings (SSSR count). The van der Waals surface area contributed by atoms with Crippen LogP contribution in [0.5, 0.6) is 5.75 Å². The molecule has 144 valence electrons. The molecule has 6 nitrogen and oxygen atoms in total. The van der Waals surface area contributed by atoms with Gasteiger partial charge < -0.3 is 14.5 Å². The highest BCUT2D eigenvalue weighted by atomic mass is 35.5. The van der Waals surface area contributed by atoms with Gasteiger partial charge in [-0.3, -0.25) is 4.79 Å². The zero-order valence-electron chi connectivity index (χ0n) is 14.9. The molecule has 2 aromatic carbocycles. The zero-order chi connectivity index (χ0) is 20.0. The number of carbonyl (C=O) groups is 1. The van der Waals surface area contributed by atoms with Crippen LogP contribution in [0.2, 0.25) is 5.02 Å². The largest absolute Gasteiger partial charge is 0.488 e. The van der Waals surface area contributed by atoms with Gasteiger partial charge >= 0.3 is 5.97 Å². The Kier molecular flexibility index (Phi) is 4.34. The number of nitrogens with zero attached hydrogens (tertiary/aromatic N) is 1. The highest BCUT2D eigenvalue weighted by molar-refractivity contribution is 7.17. The van der Waals surface area contributed by atoms with Gasteiger partial charge in [-0.1, -0.05) is 23.7 Å². The first-order valence-corrected chi connectivity index (χ1v) is 9.98. The van der Waals surface area contributed by atoms with E-state index in [9.17, 15) is 9.59 Å². The summed E-state index contributed by atoms with van der Waals surface area (Å²) in [6, 6.07) is 14.3. The number of H-pyrrole nitrogens is 1. The van der Waals surface area contributed by atoms with Crippen molar-refractivity contribution in [1.29, 1.82) is 0 Å². The maximum absolute atomic E-state index is 12.6. The van der Waals surface area contributed by atoms with Gasteiger partial charge in [0, 0.05) is 21.0 Å². The summed E-state index contributed by atoms with van der Waals surface area (Å²) >= 11 is 7.33. The van der Waals surface area contributed by atoms with Gasteiger partial charge in [0.2, 0.25) is 0 Å². The number of esters is 1. The molecular formula is C21H13ClN2O4S. The smallest absolute Gasteiger partial charge is 0.348 e. The lowest BCUT2D eigenvalue weighted by atomic mass is 10.1. The number of hydrogen-bond donors (Lipinski definition) is 1. The Morgan fingerprint density at radius 3 is 3.00 bits per heavy atom. The van der Waals surface area contributed by atoms with Gasteiger partial charge in [-0.15, -0.1) is 11.3 Å². The molecule has 0 atom stereocenters. The predicted octanol–water partition coefficient (Wildman–Crippen LogP) is 4.55. The molecule has 29 heavy (non-hydrogen) atoms. The molecule has 1 aliphatic heterocycles. The summed E-state index contributed by atoms with van der Waals surface area (Å²) in [6.45, 7) is 0.266. The lowest BCUT2D eigenvalue weighted by Gasteiger charge is -2.16. The number of halogens is 1. The molecule has 1 aliphatic rings. The van der Waals surface area contributed by atoms with Gasteiger partial charge in [-0.05, 0) is 36.4 Å². The first kappa shape index (κ1) is 17.9. The van der Waals surface area contributed by atoms with E-state index in [2.05, 4.69) is 9.97 Å². The number of para-hydroxylation sites is 1. The summed E-state index contributed by atoms with van der Waals surface area (Å²) in [5.41, 5.74) is 2.06. The van der Waals surface area contributed by atoms with Crippen molar-refractivity contribution >= 4 is 39.8 Å². The molecule has 0 saturated heterocycles. The van der Waals surface area contributed by atoms with Crippen LogP contribution in [0.3, 0.4) is 0 Å². The summed E-state index contributed by atoms with van der Waals surface area (Å²) in [6.07, 6.45) is 0. The van der Waals surface area contributed by atoms with Crippen molar-refractivity contribution in [3.63, 3.8) is 0 Å². The minimum Gasteiger partial charge on any atom is -0.488 e. The van der Waals surface area contributed by atoms with Crippen LogP contribution in [0.1, 0.15) is 21.1 Å². The lowest BCUT2D eigenvalue weighted by Crippen LogP contribution is -2.14. The number of aromatic amines is 1. The van der Waals surface area contributed by atoms with Gasteiger partial charge in [-0.2, -0.15) is 0 Å². The Balaban J connectivity index is 1.38. The normalized spacial score (nSPS) is 12.2. The van der Waals surface area contributed by atoms with E-state index in [1.54, 1.807) is 24.3 Å². The van der Waals surface area contributed by atoms with Crippen LogP contribution in [0.4, 0.5) is 0 Å². The number of benzene rings is 2. The van der Waals surface area contributed by atoms with Crippen molar-refractivity contribution in [3.8, 4) is 16.2 Å². The number of thiophene rings is 1. The van der Waals surface area contributed by atoms with Crippen molar-refractivity contribution in [2.45, 2.75) is 13.2 Å². The zero-order valence-corrected chi connectivity index (χ0v) is 16.5. The predicted molar refractivity (Wildman–Crippen MR) is 111 cm³/mol. The van der Waals surface area contributed by atoms with E-state index in [1.165, 1.54) is 11.3 Å². The topological polar surface area (TPSA) is 81.3 Å². The Labute approximate surface area is 173 Å². The van der Waals surface area contributed by atoms with Gasteiger partial charge in [0.25, 0.3) is 5.56 Å². The van der Waals surface area contributed by atoms with Crippen LogP contribution in [-0.2, 0) is 18.0 Å². The summed E-state index contributed by atoms with van der Waals surface area (Å²) in [7, 11) is 0. The number of fused-ring (bicyclic) bond motifs is 4. The molecule has 0 unspecified atom stereocenters. The fourth-order valence-corrected chi connectivity index (χ4v) is 4.49. The van der Waals surface area contributed by atoms with Crippen molar-refractivity contribution in [2.24, 2.45) is 0 Å². The van der Waals surface area contributed by atoms with Gasteiger partial charge in [0.1, 0.15) is 29.7 Å². The molecular weight excluding hydrogens is 412 g/mol. The second kappa shape index (κ2) is 7.02. The Bertz CT molecular complexity index is 1330. The number of ether oxygens (including phenoxy) is 2. The molecule has 8 heteroatoms. The first-order valence-electron chi connectivity index (χ1n) is 8.79. The van der Waals surface area contributed by atoms with Crippen molar-refractivity contribution in [2.75, 3.05) is 0 Å². The highest BCUT2D eigenvalue weighted by Gasteiger charge is 2.23. The van der Waals surface area contributed by atoms with Crippen LogP contribution in [0, 0.1) is 0 Å². The molecule has 0 spiro atoms. The third-order valence-corrected chi connectivity index (χ3v) is 6.01. The Morgan fingerprint density at radius 1 is 1.24 bits per heavy atom. The molecule has 0 bridgehead atoms. The third kappa shape index (κ3) is 3.28. The van der Waals surface area contributed by atoms with Crippen LogP contribution in [0.15, 0.2) is 53.3 Å². The quantitative estimate of drug-likeness (QED) is 0.488. The van der Waals surface area contributed by atoms with Crippen LogP contribution in [0.25, 0.3) is 21.3 Å². The summed E-state index contributed by atoms with van der Waals surface area (Å²) in [5, 5.41) is 0.902. The number of aromatic nitrogens is 2. The molecule has 3 heterocycles. The maximum atomic E-state index is 12.6. The third-order valence-electron chi connectivity index (χ3n) is 4.58. The minimum absolute atomic E-state index is 0.147. The molecule has 0 saturated carbocycles. The molecule has 1 N–H and O–H groups in total. The molecule has 0 amide bonds. The van der Waals surface area contributed by atoms with Gasteiger partial charge in [0.05, 0.1) is 10.9 Å². The standard InChI is InChI=1S/C21H13ClN2O4S/c22-12-5-6-13-15(8-12)23-18(24-20(13)25)10-28-21(26)17-7-11-9-27-16-4-2-1-3-14(16)19(11)29-17/h1-8H,9-10H2,(H,23,24,25). The van der Waals surface area contributed by atoms with Gasteiger partial charge in [-0.25, -0.2) is 9.78 Å². The summed E-state index contributed by atoms with van der Waals surface area (Å²) in [5.74, 6) is 0.585. The second-order valence-corrected chi connectivity index (χ2v) is 7.99. The van der Waals surface area contributed by atoms with E-state index in [0.29, 0.717) is 27.4 Å². The molecule has 0 aliphatic carbocycles. The van der Waals surface area contributed by atoms with Crippen molar-refractivity contribution in [1.82, 2.24) is 9.97 Å². The molecule has 4 aromatic rings. The van der Waals surface area contributed by atoms with E-state index in [4.69, 9.17) is 21.1 Å². The Hall–Kier alpha value is -3.16. The van der Waals surface area contributed by atoms with Crippen LogP contribution in [-0.4, -0.2) is 15.9 Å². The van der Waals surface area contributed by atoms with E-state index >= 15 is 0 Å².